The smallest absolute Gasteiger partial charge is 0.271 e. The molecule has 4 N–H and O–H groups in total. The molecule has 53 heavy (non-hydrogen) atoms. The van der Waals surface area contributed by atoms with Gasteiger partial charge in [0.15, 0.2) is 0 Å². The number of fused-ring (bicyclic) bond motifs is 3. The van der Waals surface area contributed by atoms with Crippen LogP contribution in [0.5, 0.6) is 0 Å². The summed E-state index contributed by atoms with van der Waals surface area (Å²) in [5.74, 6) is -1.90. The van der Waals surface area contributed by atoms with E-state index in [1.807, 2.05) is 49.3 Å². The lowest BCUT2D eigenvalue weighted by atomic mass is 10.0. The highest BCUT2D eigenvalue weighted by atomic mass is 32.1. The number of carbonyl (C=O) groups is 5. The van der Waals surface area contributed by atoms with E-state index in [0.29, 0.717) is 31.1 Å². The molecule has 284 valence electrons. The van der Waals surface area contributed by atoms with Crippen LogP contribution in [0.4, 0.5) is 0 Å². The van der Waals surface area contributed by atoms with Crippen LogP contribution < -0.4 is 16.0 Å². The van der Waals surface area contributed by atoms with Gasteiger partial charge in [-0.2, -0.15) is 5.10 Å². The van der Waals surface area contributed by atoms with Gasteiger partial charge < -0.3 is 30.7 Å². The fourth-order valence-corrected chi connectivity index (χ4v) is 7.40. The average Bonchev–Trinajstić information content (AvgIpc) is 3.83. The highest BCUT2D eigenvalue weighted by Crippen LogP contribution is 2.26. The van der Waals surface area contributed by atoms with Gasteiger partial charge in [0.2, 0.25) is 23.6 Å². The number of aromatic nitrogens is 4. The van der Waals surface area contributed by atoms with E-state index in [4.69, 9.17) is 0 Å². The second-order valence-electron chi connectivity index (χ2n) is 14.3. The lowest BCUT2D eigenvalue weighted by Gasteiger charge is -2.28. The van der Waals surface area contributed by atoms with Gasteiger partial charge in [0.1, 0.15) is 22.8 Å². The number of likely N-dealkylation sites (N-methyl/N-ethyl adjacent to an activating group) is 2. The fraction of sp³-hybridized carbons (Fsp3) is 0.486. The summed E-state index contributed by atoms with van der Waals surface area (Å²) in [4.78, 5) is 80.5. The number of H-pyrrole nitrogens is 1. The molecule has 5 rings (SSSR count). The number of thiazole rings is 1. The van der Waals surface area contributed by atoms with Gasteiger partial charge in [0.05, 0.1) is 24.8 Å². The van der Waals surface area contributed by atoms with Crippen molar-refractivity contribution in [3.63, 3.8) is 0 Å². The van der Waals surface area contributed by atoms with E-state index in [2.05, 4.69) is 44.9 Å². The number of hydrogen-bond donors (Lipinski definition) is 4. The lowest BCUT2D eigenvalue weighted by Crippen LogP contribution is -2.53. The molecular weight excluding hydrogens is 697 g/mol. The summed E-state index contributed by atoms with van der Waals surface area (Å²) < 4.78 is 1.73. The fourth-order valence-electron chi connectivity index (χ4n) is 6.54. The van der Waals surface area contributed by atoms with Crippen molar-refractivity contribution in [2.75, 3.05) is 40.3 Å². The van der Waals surface area contributed by atoms with Gasteiger partial charge in [-0.1, -0.05) is 32.0 Å². The molecule has 0 saturated carbocycles. The number of aromatic amines is 1. The molecule has 5 amide bonds. The predicted molar refractivity (Wildman–Crippen MR) is 202 cm³/mol. The van der Waals surface area contributed by atoms with Crippen LogP contribution >= 0.6 is 11.3 Å². The first-order chi connectivity index (χ1) is 25.2. The van der Waals surface area contributed by atoms with Crippen molar-refractivity contribution in [2.45, 2.75) is 65.2 Å². The number of benzene rings is 1. The number of aryl methyl sites for hydroxylation is 2. The number of carbonyl (C=O) groups excluding carboxylic acids is 5. The SMILES string of the molecule is Cc1nn(C)cc1CN1CCN(C)C(=O)[C@H](C)NC(=O)CN(C)C(=O)[C@@H](Cc2c[nH]c3ccccc23)NC(=O)c2csc(n2)[C@H](CC(C)C)NC(=O)C1. The van der Waals surface area contributed by atoms with Crippen molar-refractivity contribution in [3.05, 3.63) is 69.6 Å². The van der Waals surface area contributed by atoms with Crippen LogP contribution in [-0.2, 0) is 39.2 Å². The molecule has 3 aromatic heterocycles. The quantitative estimate of drug-likeness (QED) is 0.232. The predicted octanol–water partition coefficient (Wildman–Crippen LogP) is 2.15. The molecule has 1 aliphatic heterocycles. The molecule has 1 aromatic carbocycles. The van der Waals surface area contributed by atoms with E-state index < -0.39 is 35.8 Å². The molecule has 0 fully saturated rings. The minimum atomic E-state index is -1.04. The van der Waals surface area contributed by atoms with Gasteiger partial charge >= 0.3 is 0 Å². The van der Waals surface area contributed by atoms with Gasteiger partial charge in [-0.25, -0.2) is 4.98 Å². The third-order valence-electron chi connectivity index (χ3n) is 9.31. The minimum Gasteiger partial charge on any atom is -0.361 e. The van der Waals surface area contributed by atoms with Gasteiger partial charge in [0.25, 0.3) is 5.91 Å². The molecule has 1 aliphatic rings. The number of amides is 5. The minimum absolute atomic E-state index is 0.0416. The Morgan fingerprint density at radius 1 is 0.887 bits per heavy atom. The van der Waals surface area contributed by atoms with Gasteiger partial charge in [-0.3, -0.25) is 33.6 Å². The van der Waals surface area contributed by atoms with Crippen LogP contribution in [0.15, 0.2) is 42.0 Å². The largest absolute Gasteiger partial charge is 0.361 e. The average molecular weight is 747 g/mol. The zero-order chi connectivity index (χ0) is 38.4. The zero-order valence-electron chi connectivity index (χ0n) is 31.4. The van der Waals surface area contributed by atoms with Crippen LogP contribution in [0.2, 0.25) is 0 Å². The molecule has 4 heterocycles. The summed E-state index contributed by atoms with van der Waals surface area (Å²) in [7, 11) is 4.98. The third kappa shape index (κ3) is 10.1. The second kappa shape index (κ2) is 17.2. The number of nitrogens with one attached hydrogen (secondary N) is 4. The third-order valence-corrected chi connectivity index (χ3v) is 10.3. The van der Waals surface area contributed by atoms with E-state index in [1.165, 1.54) is 28.2 Å². The summed E-state index contributed by atoms with van der Waals surface area (Å²) >= 11 is 1.27. The maximum atomic E-state index is 13.9. The van der Waals surface area contributed by atoms with Crippen LogP contribution in [0.1, 0.15) is 65.6 Å². The molecule has 2 bridgehead atoms. The number of hydrogen-bond acceptors (Lipinski definition) is 9. The maximum absolute atomic E-state index is 13.9. The van der Waals surface area contributed by atoms with Crippen molar-refractivity contribution in [1.29, 1.82) is 0 Å². The van der Waals surface area contributed by atoms with Crippen LogP contribution in [0, 0.1) is 12.8 Å². The standard InChI is InChI=1S/C37H50N10O5S/c1-22(2)14-29-35-42-31(21-53-35)34(50)41-30(15-25-16-38-28-11-9-8-10-27(25)28)37(52)45(6)19-32(48)39-24(4)36(51)44(5)12-13-47(20-33(49)40-29)18-26-17-46(7)43-23(26)3/h8-11,16-17,21-22,24,29-30,38H,12-15,18-20H2,1-7H3,(H,39,48)(H,40,49)(H,41,50)/t24-,29-,30+/m0/s1. The van der Waals surface area contributed by atoms with E-state index in [0.717, 1.165) is 27.7 Å². The normalized spacial score (nSPS) is 20.8. The molecule has 15 nitrogen and oxygen atoms in total. The molecule has 0 unspecified atom stereocenters. The van der Waals surface area contributed by atoms with Crippen LogP contribution in [0.25, 0.3) is 10.9 Å². The Labute approximate surface area is 313 Å². The summed E-state index contributed by atoms with van der Waals surface area (Å²) in [6, 6.07) is 5.29. The first kappa shape index (κ1) is 39.1. The zero-order valence-corrected chi connectivity index (χ0v) is 32.2. The van der Waals surface area contributed by atoms with Crippen LogP contribution in [-0.4, -0.2) is 116 Å². The van der Waals surface area contributed by atoms with Crippen molar-refractivity contribution >= 4 is 51.8 Å². The lowest BCUT2D eigenvalue weighted by molar-refractivity contribution is -0.138. The van der Waals surface area contributed by atoms with Crippen molar-refractivity contribution in [3.8, 4) is 0 Å². The molecule has 16 heteroatoms. The first-order valence-electron chi connectivity index (χ1n) is 17.8. The van der Waals surface area contributed by atoms with Gasteiger partial charge in [-0.05, 0) is 37.8 Å². The molecule has 0 aliphatic carbocycles. The Morgan fingerprint density at radius 3 is 2.34 bits per heavy atom. The molecule has 3 atom stereocenters. The van der Waals surface area contributed by atoms with Crippen molar-refractivity contribution in [1.82, 2.24) is 50.4 Å². The molecular formula is C37H50N10O5S. The number of para-hydroxylation sites is 1. The summed E-state index contributed by atoms with van der Waals surface area (Å²) in [5.41, 5.74) is 3.63. The monoisotopic (exact) mass is 746 g/mol. The summed E-state index contributed by atoms with van der Waals surface area (Å²) in [5, 5.41) is 16.3. The Hall–Kier alpha value is -5.09. The molecule has 0 radical (unpaired) electrons. The summed E-state index contributed by atoms with van der Waals surface area (Å²) in [6.45, 7) is 8.41. The topological polar surface area (TPSA) is 178 Å². The van der Waals surface area contributed by atoms with Gasteiger partial charge in [0, 0.05) is 81.4 Å². The number of rotatable bonds is 6. The highest BCUT2D eigenvalue weighted by molar-refractivity contribution is 7.09. The Morgan fingerprint density at radius 2 is 1.62 bits per heavy atom. The van der Waals surface area contributed by atoms with Crippen LogP contribution in [0.3, 0.4) is 0 Å². The van der Waals surface area contributed by atoms with E-state index in [-0.39, 0.29) is 42.9 Å². The molecule has 4 aromatic rings. The Balaban J connectivity index is 1.45. The van der Waals surface area contributed by atoms with Gasteiger partial charge in [-0.15, -0.1) is 11.3 Å². The van der Waals surface area contributed by atoms with E-state index in [1.54, 1.807) is 30.2 Å². The first-order valence-corrected chi connectivity index (χ1v) is 18.7. The second-order valence-corrected chi connectivity index (χ2v) is 15.2. The molecule has 0 spiro atoms. The van der Waals surface area contributed by atoms with Crippen molar-refractivity contribution < 1.29 is 24.0 Å². The number of nitrogens with zero attached hydrogens (tertiary/aromatic N) is 6. The summed E-state index contributed by atoms with van der Waals surface area (Å²) in [6.07, 6.45) is 4.46. The van der Waals surface area contributed by atoms with E-state index >= 15 is 0 Å². The highest BCUT2D eigenvalue weighted by Gasteiger charge is 2.30. The van der Waals surface area contributed by atoms with E-state index in [9.17, 15) is 24.0 Å². The Kier molecular flexibility index (Phi) is 12.7. The Bertz CT molecular complexity index is 1950. The van der Waals surface area contributed by atoms with Crippen molar-refractivity contribution in [2.24, 2.45) is 13.0 Å². The maximum Gasteiger partial charge on any atom is 0.271 e. The molecule has 0 saturated heterocycles.